The van der Waals surface area contributed by atoms with E-state index in [1.54, 1.807) is 7.05 Å². The summed E-state index contributed by atoms with van der Waals surface area (Å²) in [6, 6.07) is 5.57. The van der Waals surface area contributed by atoms with Gasteiger partial charge in [0.2, 0.25) is 5.91 Å². The molecular weight excluding hydrogens is 232 g/mol. The Balaban J connectivity index is 2.54. The Morgan fingerprint density at radius 1 is 1.54 bits per heavy atom. The van der Waals surface area contributed by atoms with E-state index in [1.165, 1.54) is 0 Å². The first-order valence-electron chi connectivity index (χ1n) is 4.00. The average Bonchev–Trinajstić information content (AvgIpc) is 2.43. The fourth-order valence-corrected chi connectivity index (χ4v) is 2.02. The molecule has 1 amide bonds. The number of fused-ring (bicyclic) bond motifs is 1. The van der Waals surface area contributed by atoms with Crippen LogP contribution in [0.5, 0.6) is 0 Å². The third kappa shape index (κ3) is 1.26. The Labute approximate surface area is 84.6 Å². The van der Waals surface area contributed by atoms with E-state index in [-0.39, 0.29) is 11.9 Å². The lowest BCUT2D eigenvalue weighted by molar-refractivity contribution is -0.117. The van der Waals surface area contributed by atoms with Gasteiger partial charge in [-0.05, 0) is 29.0 Å². The SMILES string of the molecule is CNC1C(=O)Nc2c(Br)cccc21. The number of hydrogen-bond donors (Lipinski definition) is 2. The molecule has 0 spiro atoms. The van der Waals surface area contributed by atoms with Crippen LogP contribution in [0.25, 0.3) is 0 Å². The van der Waals surface area contributed by atoms with Crippen molar-refractivity contribution in [3.8, 4) is 0 Å². The van der Waals surface area contributed by atoms with Crippen molar-refractivity contribution in [3.05, 3.63) is 28.2 Å². The second kappa shape index (κ2) is 3.12. The molecule has 0 radical (unpaired) electrons. The van der Waals surface area contributed by atoms with Gasteiger partial charge in [0.25, 0.3) is 0 Å². The number of nitrogens with one attached hydrogen (secondary N) is 2. The normalized spacial score (nSPS) is 19.8. The highest BCUT2D eigenvalue weighted by Crippen LogP contribution is 2.35. The van der Waals surface area contributed by atoms with Crippen LogP contribution in [0.3, 0.4) is 0 Å². The molecule has 3 nitrogen and oxygen atoms in total. The van der Waals surface area contributed by atoms with E-state index < -0.39 is 0 Å². The number of carbonyl (C=O) groups is 1. The largest absolute Gasteiger partial charge is 0.323 e. The summed E-state index contributed by atoms with van der Waals surface area (Å²) >= 11 is 3.39. The van der Waals surface area contributed by atoms with Crippen molar-refractivity contribution in [1.29, 1.82) is 0 Å². The minimum Gasteiger partial charge on any atom is -0.323 e. The summed E-state index contributed by atoms with van der Waals surface area (Å²) < 4.78 is 0.927. The number of carbonyl (C=O) groups excluding carboxylic acids is 1. The van der Waals surface area contributed by atoms with Gasteiger partial charge < -0.3 is 10.6 Å². The highest BCUT2D eigenvalue weighted by atomic mass is 79.9. The van der Waals surface area contributed by atoms with Crippen LogP contribution in [-0.2, 0) is 4.79 Å². The first kappa shape index (κ1) is 8.72. The predicted octanol–water partition coefficient (Wildman–Crippen LogP) is 1.66. The van der Waals surface area contributed by atoms with Crippen LogP contribution in [0.2, 0.25) is 0 Å². The molecule has 4 heteroatoms. The third-order valence-electron chi connectivity index (χ3n) is 2.16. The molecular formula is C9H9BrN2O. The molecule has 0 fully saturated rings. The van der Waals surface area contributed by atoms with Crippen molar-refractivity contribution in [2.75, 3.05) is 12.4 Å². The average molecular weight is 241 g/mol. The second-order valence-electron chi connectivity index (χ2n) is 2.92. The molecule has 0 saturated carbocycles. The van der Waals surface area contributed by atoms with Gasteiger partial charge in [0.05, 0.1) is 5.69 Å². The lowest BCUT2D eigenvalue weighted by atomic mass is 10.1. The second-order valence-corrected chi connectivity index (χ2v) is 3.77. The predicted molar refractivity (Wildman–Crippen MR) is 54.6 cm³/mol. The van der Waals surface area contributed by atoms with Gasteiger partial charge in [-0.3, -0.25) is 4.79 Å². The standard InChI is InChI=1S/C9H9BrN2O/c1-11-8-5-3-2-4-6(10)7(5)12-9(8)13/h2-4,8,11H,1H3,(H,12,13). The highest BCUT2D eigenvalue weighted by Gasteiger charge is 2.29. The summed E-state index contributed by atoms with van der Waals surface area (Å²) in [5.41, 5.74) is 1.88. The topological polar surface area (TPSA) is 41.1 Å². The third-order valence-corrected chi connectivity index (χ3v) is 2.82. The van der Waals surface area contributed by atoms with Gasteiger partial charge in [-0.2, -0.15) is 0 Å². The van der Waals surface area contributed by atoms with Gasteiger partial charge in [0.15, 0.2) is 0 Å². The molecule has 0 aromatic heterocycles. The first-order chi connectivity index (χ1) is 6.24. The number of rotatable bonds is 1. The minimum absolute atomic E-state index is 0.00407. The molecule has 1 unspecified atom stereocenters. The zero-order chi connectivity index (χ0) is 9.42. The van der Waals surface area contributed by atoms with Crippen molar-refractivity contribution >= 4 is 27.5 Å². The highest BCUT2D eigenvalue weighted by molar-refractivity contribution is 9.10. The molecule has 13 heavy (non-hydrogen) atoms. The van der Waals surface area contributed by atoms with Gasteiger partial charge in [-0.25, -0.2) is 0 Å². The summed E-state index contributed by atoms with van der Waals surface area (Å²) in [5.74, 6) is 0.00407. The van der Waals surface area contributed by atoms with E-state index in [0.717, 1.165) is 15.7 Å². The quantitative estimate of drug-likeness (QED) is 0.785. The number of amides is 1. The van der Waals surface area contributed by atoms with Crippen LogP contribution in [0, 0.1) is 0 Å². The van der Waals surface area contributed by atoms with Gasteiger partial charge in [0.1, 0.15) is 6.04 Å². The van der Waals surface area contributed by atoms with Crippen molar-refractivity contribution in [2.45, 2.75) is 6.04 Å². The summed E-state index contributed by atoms with van der Waals surface area (Å²) in [6.07, 6.45) is 0. The molecule has 0 aliphatic carbocycles. The van der Waals surface area contributed by atoms with Crippen LogP contribution in [0.1, 0.15) is 11.6 Å². The maximum Gasteiger partial charge on any atom is 0.246 e. The zero-order valence-electron chi connectivity index (χ0n) is 7.10. The molecule has 2 N–H and O–H groups in total. The Bertz CT molecular complexity index is 365. The van der Waals surface area contributed by atoms with Gasteiger partial charge in [-0.1, -0.05) is 12.1 Å². The molecule has 2 rings (SSSR count). The monoisotopic (exact) mass is 240 g/mol. The summed E-state index contributed by atoms with van der Waals surface area (Å²) in [7, 11) is 1.78. The van der Waals surface area contributed by atoms with Gasteiger partial charge in [-0.15, -0.1) is 0 Å². The molecule has 0 bridgehead atoms. The summed E-state index contributed by atoms with van der Waals surface area (Å²) in [4.78, 5) is 11.4. The van der Waals surface area contributed by atoms with E-state index in [2.05, 4.69) is 26.6 Å². The Kier molecular flexibility index (Phi) is 2.09. The van der Waals surface area contributed by atoms with Crippen molar-refractivity contribution in [2.24, 2.45) is 0 Å². The number of hydrogen-bond acceptors (Lipinski definition) is 2. The molecule has 1 aliphatic heterocycles. The molecule has 0 saturated heterocycles. The summed E-state index contributed by atoms with van der Waals surface area (Å²) in [6.45, 7) is 0. The molecule has 1 atom stereocenters. The van der Waals surface area contributed by atoms with E-state index >= 15 is 0 Å². The van der Waals surface area contributed by atoms with Crippen LogP contribution in [-0.4, -0.2) is 13.0 Å². The minimum atomic E-state index is -0.215. The molecule has 1 aromatic carbocycles. The maximum atomic E-state index is 11.4. The Morgan fingerprint density at radius 3 is 3.00 bits per heavy atom. The van der Waals surface area contributed by atoms with Crippen molar-refractivity contribution in [1.82, 2.24) is 5.32 Å². The summed E-state index contributed by atoms with van der Waals surface area (Å²) in [5, 5.41) is 5.78. The van der Waals surface area contributed by atoms with Crippen molar-refractivity contribution < 1.29 is 4.79 Å². The Hall–Kier alpha value is -0.870. The zero-order valence-corrected chi connectivity index (χ0v) is 8.68. The lowest BCUT2D eigenvalue weighted by Crippen LogP contribution is -2.23. The number of likely N-dealkylation sites (N-methyl/N-ethyl adjacent to an activating group) is 1. The molecule has 1 aliphatic rings. The number of anilines is 1. The van der Waals surface area contributed by atoms with Crippen LogP contribution in [0.15, 0.2) is 22.7 Å². The Morgan fingerprint density at radius 2 is 2.31 bits per heavy atom. The van der Waals surface area contributed by atoms with Crippen LogP contribution in [0.4, 0.5) is 5.69 Å². The van der Waals surface area contributed by atoms with E-state index in [0.29, 0.717) is 0 Å². The van der Waals surface area contributed by atoms with E-state index in [1.807, 2.05) is 18.2 Å². The van der Waals surface area contributed by atoms with Crippen LogP contribution >= 0.6 is 15.9 Å². The fourth-order valence-electron chi connectivity index (χ4n) is 1.54. The number of benzene rings is 1. The molecule has 1 heterocycles. The molecule has 68 valence electrons. The van der Waals surface area contributed by atoms with Crippen molar-refractivity contribution in [3.63, 3.8) is 0 Å². The maximum absolute atomic E-state index is 11.4. The number of halogens is 1. The van der Waals surface area contributed by atoms with E-state index in [4.69, 9.17) is 0 Å². The van der Waals surface area contributed by atoms with Gasteiger partial charge in [0, 0.05) is 10.0 Å². The fraction of sp³-hybridized carbons (Fsp3) is 0.222. The first-order valence-corrected chi connectivity index (χ1v) is 4.80. The smallest absolute Gasteiger partial charge is 0.246 e. The van der Waals surface area contributed by atoms with Gasteiger partial charge >= 0.3 is 0 Å². The molecule has 1 aromatic rings. The van der Waals surface area contributed by atoms with Crippen LogP contribution < -0.4 is 10.6 Å². The number of para-hydroxylation sites is 1. The lowest BCUT2D eigenvalue weighted by Gasteiger charge is -2.05. The van der Waals surface area contributed by atoms with E-state index in [9.17, 15) is 4.79 Å².